The molecule has 0 atom stereocenters. The minimum Gasteiger partial charge on any atom is -0.268 e. The van der Waals surface area contributed by atoms with E-state index in [1.807, 2.05) is 30.3 Å². The van der Waals surface area contributed by atoms with Crippen LogP contribution >= 0.6 is 0 Å². The van der Waals surface area contributed by atoms with Crippen LogP contribution in [0.1, 0.15) is 31.0 Å². The van der Waals surface area contributed by atoms with Gasteiger partial charge in [0.2, 0.25) is 0 Å². The van der Waals surface area contributed by atoms with Gasteiger partial charge in [-0.2, -0.15) is 0 Å². The molecule has 2 aromatic carbocycles. The molecular formula is C18H15FN2O. The van der Waals surface area contributed by atoms with Crippen LogP contribution in [0.5, 0.6) is 0 Å². The summed E-state index contributed by atoms with van der Waals surface area (Å²) in [4.78, 5) is 17.5. The van der Waals surface area contributed by atoms with E-state index >= 15 is 0 Å². The van der Waals surface area contributed by atoms with Crippen molar-refractivity contribution in [1.82, 2.24) is 9.55 Å². The van der Waals surface area contributed by atoms with Crippen LogP contribution in [0.4, 0.5) is 4.39 Å². The predicted molar refractivity (Wildman–Crippen MR) is 83.9 cm³/mol. The van der Waals surface area contributed by atoms with Gasteiger partial charge < -0.3 is 0 Å². The van der Waals surface area contributed by atoms with Crippen LogP contribution in [0.3, 0.4) is 0 Å². The van der Waals surface area contributed by atoms with E-state index in [1.54, 1.807) is 16.7 Å². The van der Waals surface area contributed by atoms with Crippen molar-refractivity contribution in [3.8, 4) is 5.69 Å². The molecule has 4 heteroatoms. The Bertz CT molecular complexity index is 898. The highest BCUT2D eigenvalue weighted by Crippen LogP contribution is 2.36. The smallest absolute Gasteiger partial charge is 0.268 e. The summed E-state index contributed by atoms with van der Waals surface area (Å²) in [6.45, 7) is 0. The molecule has 0 aliphatic heterocycles. The van der Waals surface area contributed by atoms with Crippen LogP contribution in [0, 0.1) is 5.82 Å². The topological polar surface area (TPSA) is 34.9 Å². The minimum absolute atomic E-state index is 0.0643. The first-order chi connectivity index (χ1) is 10.8. The maximum atomic E-state index is 14.1. The van der Waals surface area contributed by atoms with Crippen molar-refractivity contribution >= 4 is 10.9 Å². The zero-order chi connectivity index (χ0) is 15.1. The molecule has 1 aliphatic rings. The highest BCUT2D eigenvalue weighted by Gasteiger charge is 2.26. The number of para-hydroxylation sites is 1. The van der Waals surface area contributed by atoms with Gasteiger partial charge in [0, 0.05) is 5.92 Å². The Balaban J connectivity index is 2.09. The number of aromatic nitrogens is 2. The number of hydrogen-bond acceptors (Lipinski definition) is 2. The van der Waals surface area contributed by atoms with Crippen molar-refractivity contribution in [3.05, 3.63) is 70.5 Å². The number of hydrogen-bond donors (Lipinski definition) is 0. The Morgan fingerprint density at radius 1 is 1.05 bits per heavy atom. The second-order valence-electron chi connectivity index (χ2n) is 5.71. The summed E-state index contributed by atoms with van der Waals surface area (Å²) in [6.07, 6.45) is 3.21. The lowest BCUT2D eigenvalue weighted by atomic mass is 9.84. The largest absolute Gasteiger partial charge is 0.268 e. The number of rotatable bonds is 2. The Kier molecular flexibility index (Phi) is 3.03. The summed E-state index contributed by atoms with van der Waals surface area (Å²) in [6, 6.07) is 14.0. The first-order valence-corrected chi connectivity index (χ1v) is 7.52. The van der Waals surface area contributed by atoms with Crippen molar-refractivity contribution in [3.63, 3.8) is 0 Å². The van der Waals surface area contributed by atoms with Crippen molar-refractivity contribution < 1.29 is 4.39 Å². The average molecular weight is 294 g/mol. The lowest BCUT2D eigenvalue weighted by Crippen LogP contribution is -2.28. The first-order valence-electron chi connectivity index (χ1n) is 7.52. The quantitative estimate of drug-likeness (QED) is 0.720. The van der Waals surface area contributed by atoms with E-state index in [4.69, 9.17) is 0 Å². The van der Waals surface area contributed by atoms with Crippen LogP contribution in [-0.4, -0.2) is 9.55 Å². The third-order valence-corrected chi connectivity index (χ3v) is 4.36. The van der Waals surface area contributed by atoms with Gasteiger partial charge in [-0.1, -0.05) is 30.7 Å². The first kappa shape index (κ1) is 13.2. The molecule has 1 aliphatic carbocycles. The second-order valence-corrected chi connectivity index (χ2v) is 5.71. The number of halogens is 1. The van der Waals surface area contributed by atoms with Crippen LogP contribution in [0.15, 0.2) is 53.3 Å². The molecule has 0 saturated heterocycles. The van der Waals surface area contributed by atoms with Crippen LogP contribution in [0.2, 0.25) is 0 Å². The molecule has 0 bridgehead atoms. The molecule has 0 spiro atoms. The Hall–Kier alpha value is -2.49. The zero-order valence-electron chi connectivity index (χ0n) is 12.0. The van der Waals surface area contributed by atoms with Gasteiger partial charge in [-0.3, -0.25) is 9.36 Å². The molecule has 3 nitrogen and oxygen atoms in total. The summed E-state index contributed by atoms with van der Waals surface area (Å²) >= 11 is 0. The molecule has 110 valence electrons. The summed E-state index contributed by atoms with van der Waals surface area (Å²) in [5.41, 5.74) is 0.863. The molecule has 0 radical (unpaired) electrons. The molecule has 1 aromatic heterocycles. The fraction of sp³-hybridized carbons (Fsp3) is 0.222. The van der Waals surface area contributed by atoms with E-state index < -0.39 is 5.82 Å². The van der Waals surface area contributed by atoms with Crippen molar-refractivity contribution in [2.75, 3.05) is 0 Å². The molecule has 0 N–H and O–H groups in total. The standard InChI is InChI=1S/C18H15FN2O/c19-14-10-5-11-15-16(14)18(22)21(13-8-2-1-3-9-13)17(20-15)12-6-4-7-12/h1-3,5,8-12H,4,6-7H2. The van der Waals surface area contributed by atoms with Crippen molar-refractivity contribution in [2.45, 2.75) is 25.2 Å². The molecule has 0 unspecified atom stereocenters. The monoisotopic (exact) mass is 294 g/mol. The SMILES string of the molecule is O=c1c2c(F)cccc2nc(C2CCC2)n1-c1ccccc1. The molecule has 3 aromatic rings. The highest BCUT2D eigenvalue weighted by atomic mass is 19.1. The van der Waals surface area contributed by atoms with Crippen LogP contribution in [0.25, 0.3) is 16.6 Å². The number of benzene rings is 2. The Morgan fingerprint density at radius 3 is 2.50 bits per heavy atom. The van der Waals surface area contributed by atoms with Gasteiger partial charge in [0.05, 0.1) is 11.2 Å². The maximum absolute atomic E-state index is 14.1. The van der Waals surface area contributed by atoms with E-state index in [9.17, 15) is 9.18 Å². The molecule has 4 rings (SSSR count). The summed E-state index contributed by atoms with van der Waals surface area (Å²) in [7, 11) is 0. The molecule has 1 saturated carbocycles. The van der Waals surface area contributed by atoms with Gasteiger partial charge in [-0.05, 0) is 37.1 Å². The van der Waals surface area contributed by atoms with Gasteiger partial charge in [-0.25, -0.2) is 9.37 Å². The van der Waals surface area contributed by atoms with E-state index in [1.165, 1.54) is 6.07 Å². The van der Waals surface area contributed by atoms with Gasteiger partial charge >= 0.3 is 0 Å². The van der Waals surface area contributed by atoms with E-state index in [0.717, 1.165) is 30.8 Å². The van der Waals surface area contributed by atoms with Gasteiger partial charge in [0.25, 0.3) is 5.56 Å². The molecule has 22 heavy (non-hydrogen) atoms. The van der Waals surface area contributed by atoms with Crippen molar-refractivity contribution in [1.29, 1.82) is 0 Å². The maximum Gasteiger partial charge on any atom is 0.268 e. The summed E-state index contributed by atoms with van der Waals surface area (Å²) in [5.74, 6) is 0.515. The fourth-order valence-electron chi connectivity index (χ4n) is 2.97. The van der Waals surface area contributed by atoms with E-state index in [0.29, 0.717) is 5.52 Å². The lowest BCUT2D eigenvalue weighted by Gasteiger charge is -2.27. The van der Waals surface area contributed by atoms with E-state index in [-0.39, 0.29) is 16.9 Å². The second kappa shape index (κ2) is 5.05. The number of fused-ring (bicyclic) bond motifs is 1. The van der Waals surface area contributed by atoms with Crippen LogP contribution in [-0.2, 0) is 0 Å². The number of nitrogens with zero attached hydrogens (tertiary/aromatic N) is 2. The molecular weight excluding hydrogens is 279 g/mol. The predicted octanol–water partition coefficient (Wildman–Crippen LogP) is 3.79. The molecule has 0 amide bonds. The molecule has 1 fully saturated rings. The molecule has 1 heterocycles. The summed E-state index contributed by atoms with van der Waals surface area (Å²) in [5, 5.41) is 0.0643. The third-order valence-electron chi connectivity index (χ3n) is 4.36. The highest BCUT2D eigenvalue weighted by molar-refractivity contribution is 5.78. The van der Waals surface area contributed by atoms with Crippen molar-refractivity contribution in [2.24, 2.45) is 0 Å². The summed E-state index contributed by atoms with van der Waals surface area (Å²) < 4.78 is 15.7. The minimum atomic E-state index is -0.514. The van der Waals surface area contributed by atoms with Gasteiger partial charge in [0.15, 0.2) is 0 Å². The average Bonchev–Trinajstić information content (AvgIpc) is 2.46. The van der Waals surface area contributed by atoms with Gasteiger partial charge in [0.1, 0.15) is 17.0 Å². The normalized spacial score (nSPS) is 15.0. The Morgan fingerprint density at radius 2 is 1.82 bits per heavy atom. The fourth-order valence-corrected chi connectivity index (χ4v) is 2.97. The third kappa shape index (κ3) is 1.95. The van der Waals surface area contributed by atoms with E-state index in [2.05, 4.69) is 4.98 Å². The van der Waals surface area contributed by atoms with Crippen LogP contribution < -0.4 is 5.56 Å². The zero-order valence-corrected chi connectivity index (χ0v) is 12.0. The van der Waals surface area contributed by atoms with Gasteiger partial charge in [-0.15, -0.1) is 0 Å². The lowest BCUT2D eigenvalue weighted by molar-refractivity contribution is 0.394. The Labute approximate surface area is 127 Å².